The van der Waals surface area contributed by atoms with Crippen molar-refractivity contribution in [2.75, 3.05) is 0 Å². The maximum Gasteiger partial charge on any atom is 0.115 e. The van der Waals surface area contributed by atoms with Crippen LogP contribution in [0.4, 0.5) is 0 Å². The summed E-state index contributed by atoms with van der Waals surface area (Å²) in [7, 11) is -2.37. The summed E-state index contributed by atoms with van der Waals surface area (Å²) < 4.78 is 4.83. The molecule has 0 atom stereocenters. The topological polar surface area (TPSA) is 9.86 Å². The standard InChI is InChI=1S/C54H40N2Si/c1-57(2)53(39-29-33-41(34-30-39)55-47-25-13-9-21-43(47)44-22-10-14-26-48(44)55)51(37-17-5-3-6-18-37)52(38-19-7-4-8-20-38)54(57)40-31-35-42(36-32-40)56-49-27-15-11-23-45(49)46-24-12-16-28-50(46)56/h3-36H,1-2H3. The van der Waals surface area contributed by atoms with Crippen molar-refractivity contribution in [1.29, 1.82) is 0 Å². The van der Waals surface area contributed by atoms with Gasteiger partial charge in [0.1, 0.15) is 8.07 Å². The molecule has 1 aliphatic rings. The van der Waals surface area contributed by atoms with E-state index < -0.39 is 8.07 Å². The minimum atomic E-state index is -2.37. The largest absolute Gasteiger partial charge is 0.309 e. The fourth-order valence-corrected chi connectivity index (χ4v) is 13.6. The number of hydrogen-bond acceptors (Lipinski definition) is 0. The average Bonchev–Trinajstić information content (AvgIpc) is 3.87. The molecular formula is C54H40N2Si. The SMILES string of the molecule is C[Si]1(C)C(c2ccc(-n3c4ccccc4c4ccccc43)cc2)=C(c2ccccc2)C(c2ccccc2)=C1c1ccc(-n2c3ccccc3c3ccccc32)cc1. The van der Waals surface area contributed by atoms with E-state index in [2.05, 4.69) is 228 Å². The lowest BCUT2D eigenvalue weighted by Crippen LogP contribution is -2.28. The highest BCUT2D eigenvalue weighted by Gasteiger charge is 2.43. The van der Waals surface area contributed by atoms with Crippen LogP contribution in [0.25, 0.3) is 76.5 Å². The molecule has 0 unspecified atom stereocenters. The summed E-state index contributed by atoms with van der Waals surface area (Å²) in [6.07, 6.45) is 0. The summed E-state index contributed by atoms with van der Waals surface area (Å²) >= 11 is 0. The van der Waals surface area contributed by atoms with Crippen molar-refractivity contribution in [3.63, 3.8) is 0 Å². The molecule has 0 spiro atoms. The Morgan fingerprint density at radius 3 is 0.877 bits per heavy atom. The number of hydrogen-bond donors (Lipinski definition) is 0. The first-order valence-electron chi connectivity index (χ1n) is 19.9. The first-order valence-corrected chi connectivity index (χ1v) is 22.9. The highest BCUT2D eigenvalue weighted by Crippen LogP contribution is 2.55. The predicted molar refractivity (Wildman–Crippen MR) is 246 cm³/mol. The van der Waals surface area contributed by atoms with Crippen LogP contribution >= 0.6 is 0 Å². The smallest absolute Gasteiger partial charge is 0.115 e. The zero-order chi connectivity index (χ0) is 38.1. The number of allylic oxidation sites excluding steroid dienone is 2. The quantitative estimate of drug-likeness (QED) is 0.150. The van der Waals surface area contributed by atoms with E-state index in [9.17, 15) is 0 Å². The molecule has 8 aromatic carbocycles. The van der Waals surface area contributed by atoms with Gasteiger partial charge in [-0.1, -0.05) is 171 Å². The van der Waals surface area contributed by atoms with E-state index in [-0.39, 0.29) is 0 Å². The van der Waals surface area contributed by atoms with Gasteiger partial charge in [-0.25, -0.2) is 0 Å². The fourth-order valence-electron chi connectivity index (χ4n) is 9.75. The van der Waals surface area contributed by atoms with Gasteiger partial charge in [-0.15, -0.1) is 0 Å². The lowest BCUT2D eigenvalue weighted by Gasteiger charge is -2.27. The van der Waals surface area contributed by atoms with Crippen molar-refractivity contribution < 1.29 is 0 Å². The molecule has 1 aliphatic heterocycles. The van der Waals surface area contributed by atoms with Crippen molar-refractivity contribution in [3.05, 3.63) is 229 Å². The van der Waals surface area contributed by atoms with Gasteiger partial charge in [0.15, 0.2) is 0 Å². The predicted octanol–water partition coefficient (Wildman–Crippen LogP) is 14.2. The summed E-state index contributed by atoms with van der Waals surface area (Å²) in [6.45, 7) is 5.11. The van der Waals surface area contributed by atoms with Crippen molar-refractivity contribution >= 4 is 73.2 Å². The Morgan fingerprint density at radius 1 is 0.281 bits per heavy atom. The molecular weight excluding hydrogens is 705 g/mol. The third kappa shape index (κ3) is 5.16. The van der Waals surface area contributed by atoms with Crippen molar-refractivity contribution in [2.45, 2.75) is 13.1 Å². The second-order valence-corrected chi connectivity index (χ2v) is 19.9. The molecule has 3 heterocycles. The number of rotatable bonds is 6. The van der Waals surface area contributed by atoms with Crippen LogP contribution < -0.4 is 0 Å². The minimum Gasteiger partial charge on any atom is -0.309 e. The van der Waals surface area contributed by atoms with Crippen LogP contribution in [-0.4, -0.2) is 17.2 Å². The molecule has 0 fully saturated rings. The molecule has 0 aliphatic carbocycles. The summed E-state index contributed by atoms with van der Waals surface area (Å²) in [5, 5.41) is 8.06. The van der Waals surface area contributed by atoms with Gasteiger partial charge < -0.3 is 9.13 Å². The molecule has 0 radical (unpaired) electrons. The fraction of sp³-hybridized carbons (Fsp3) is 0.0370. The monoisotopic (exact) mass is 744 g/mol. The Kier molecular flexibility index (Phi) is 7.67. The number of benzene rings is 8. The molecule has 3 heteroatoms. The molecule has 270 valence electrons. The highest BCUT2D eigenvalue weighted by atomic mass is 28.3. The molecule has 11 rings (SSSR count). The number of fused-ring (bicyclic) bond motifs is 6. The van der Waals surface area contributed by atoms with Crippen LogP contribution in [0.5, 0.6) is 0 Å². The second-order valence-electron chi connectivity index (χ2n) is 15.7. The van der Waals surface area contributed by atoms with Gasteiger partial charge in [0.25, 0.3) is 0 Å². The zero-order valence-electron chi connectivity index (χ0n) is 32.0. The van der Waals surface area contributed by atoms with E-state index in [1.165, 1.54) is 98.8 Å². The summed E-state index contributed by atoms with van der Waals surface area (Å²) in [5.41, 5.74) is 15.1. The van der Waals surface area contributed by atoms with Gasteiger partial charge in [0.05, 0.1) is 22.1 Å². The van der Waals surface area contributed by atoms with Gasteiger partial charge in [-0.3, -0.25) is 0 Å². The molecule has 57 heavy (non-hydrogen) atoms. The minimum absolute atomic E-state index is 1.17. The van der Waals surface area contributed by atoms with Gasteiger partial charge in [-0.2, -0.15) is 0 Å². The summed E-state index contributed by atoms with van der Waals surface area (Å²) in [6, 6.07) is 76.0. The van der Waals surface area contributed by atoms with Gasteiger partial charge >= 0.3 is 0 Å². The lowest BCUT2D eigenvalue weighted by atomic mass is 9.89. The Balaban J connectivity index is 1.10. The van der Waals surface area contributed by atoms with Gasteiger partial charge in [0, 0.05) is 32.9 Å². The van der Waals surface area contributed by atoms with E-state index in [1.807, 2.05) is 0 Å². The number of aromatic nitrogens is 2. The maximum absolute atomic E-state index is 2.55. The normalized spacial score (nSPS) is 14.1. The molecule has 0 saturated carbocycles. The van der Waals surface area contributed by atoms with Gasteiger partial charge in [0.2, 0.25) is 0 Å². The number of nitrogens with zero attached hydrogens (tertiary/aromatic N) is 2. The summed E-state index contributed by atoms with van der Waals surface area (Å²) in [4.78, 5) is 0. The third-order valence-electron chi connectivity index (χ3n) is 12.1. The van der Waals surface area contributed by atoms with Crippen molar-refractivity contribution in [1.82, 2.24) is 9.13 Å². The average molecular weight is 745 g/mol. The first kappa shape index (κ1) is 33.4. The lowest BCUT2D eigenvalue weighted by molar-refractivity contribution is 1.18. The van der Waals surface area contributed by atoms with E-state index in [0.29, 0.717) is 0 Å². The Hall–Kier alpha value is -6.94. The first-order chi connectivity index (χ1) is 28.1. The van der Waals surface area contributed by atoms with Crippen LogP contribution in [0.1, 0.15) is 22.3 Å². The van der Waals surface area contributed by atoms with E-state index >= 15 is 0 Å². The molecule has 10 aromatic rings. The van der Waals surface area contributed by atoms with E-state index in [4.69, 9.17) is 0 Å². The molecule has 2 nitrogen and oxygen atoms in total. The highest BCUT2D eigenvalue weighted by molar-refractivity contribution is 7.13. The van der Waals surface area contributed by atoms with Crippen LogP contribution in [0, 0.1) is 0 Å². The second kappa shape index (κ2) is 13.1. The van der Waals surface area contributed by atoms with Gasteiger partial charge in [-0.05, 0) is 92.3 Å². The molecule has 2 aromatic heterocycles. The molecule has 0 saturated heterocycles. The summed E-state index contributed by atoms with van der Waals surface area (Å²) in [5.74, 6) is 0. The Labute approximate surface area is 333 Å². The zero-order valence-corrected chi connectivity index (χ0v) is 33.0. The Morgan fingerprint density at radius 2 is 0.561 bits per heavy atom. The Bertz CT molecular complexity index is 2890. The van der Waals surface area contributed by atoms with Crippen LogP contribution in [-0.2, 0) is 0 Å². The van der Waals surface area contributed by atoms with Crippen LogP contribution in [0.2, 0.25) is 13.1 Å². The molecule has 0 amide bonds. The van der Waals surface area contributed by atoms with Crippen LogP contribution in [0.3, 0.4) is 0 Å². The molecule has 0 N–H and O–H groups in total. The van der Waals surface area contributed by atoms with Crippen LogP contribution in [0.15, 0.2) is 206 Å². The van der Waals surface area contributed by atoms with Crippen molar-refractivity contribution in [3.8, 4) is 11.4 Å². The maximum atomic E-state index is 2.55. The molecule has 0 bridgehead atoms. The number of para-hydroxylation sites is 4. The van der Waals surface area contributed by atoms with E-state index in [1.54, 1.807) is 0 Å². The van der Waals surface area contributed by atoms with E-state index in [0.717, 1.165) is 0 Å². The van der Waals surface area contributed by atoms with Crippen molar-refractivity contribution in [2.24, 2.45) is 0 Å². The third-order valence-corrected chi connectivity index (χ3v) is 15.7.